The van der Waals surface area contributed by atoms with Gasteiger partial charge in [0.1, 0.15) is 5.82 Å². The number of benzene rings is 2. The molecule has 8 heteroatoms. The maximum absolute atomic E-state index is 12.6. The number of rotatable bonds is 5. The Kier molecular flexibility index (Phi) is 5.05. The van der Waals surface area contributed by atoms with Gasteiger partial charge in [0.2, 0.25) is 5.95 Å². The zero-order chi connectivity index (χ0) is 19.4. The molecule has 0 saturated carbocycles. The summed E-state index contributed by atoms with van der Waals surface area (Å²) < 4.78 is 27.7. The molecule has 3 aromatic rings. The van der Waals surface area contributed by atoms with Crippen molar-refractivity contribution in [3.05, 3.63) is 71.4 Å². The van der Waals surface area contributed by atoms with Crippen molar-refractivity contribution in [2.75, 3.05) is 10.0 Å². The van der Waals surface area contributed by atoms with Crippen LogP contribution in [0.15, 0.2) is 59.6 Å². The molecule has 0 unspecified atom stereocenters. The fraction of sp³-hybridized carbons (Fsp3) is 0.105. The van der Waals surface area contributed by atoms with Crippen LogP contribution in [-0.4, -0.2) is 18.4 Å². The maximum Gasteiger partial charge on any atom is 0.263 e. The van der Waals surface area contributed by atoms with E-state index in [9.17, 15) is 8.42 Å². The number of sulfonamides is 1. The lowest BCUT2D eigenvalue weighted by molar-refractivity contribution is 0.601. The molecule has 0 bridgehead atoms. The van der Waals surface area contributed by atoms with Gasteiger partial charge < -0.3 is 5.32 Å². The predicted octanol–water partition coefficient (Wildman–Crippen LogP) is 3.51. The van der Waals surface area contributed by atoms with Gasteiger partial charge in [0.05, 0.1) is 16.5 Å². The number of nitrogens with one attached hydrogen (secondary N) is 2. The van der Waals surface area contributed by atoms with Crippen molar-refractivity contribution in [1.82, 2.24) is 9.97 Å². The van der Waals surface area contributed by atoms with Crippen molar-refractivity contribution < 1.29 is 8.42 Å². The first-order valence-electron chi connectivity index (χ1n) is 8.07. The zero-order valence-corrected chi connectivity index (χ0v) is 15.6. The Labute approximate surface area is 157 Å². The molecular weight excluding hydrogens is 362 g/mol. The first-order chi connectivity index (χ1) is 12.9. The maximum atomic E-state index is 12.6. The lowest BCUT2D eigenvalue weighted by Gasteiger charge is -2.10. The van der Waals surface area contributed by atoms with Crippen molar-refractivity contribution in [1.29, 1.82) is 5.26 Å². The van der Waals surface area contributed by atoms with Crippen molar-refractivity contribution >= 4 is 27.5 Å². The molecule has 0 aliphatic carbocycles. The second-order valence-corrected chi connectivity index (χ2v) is 7.69. The zero-order valence-electron chi connectivity index (χ0n) is 14.8. The van der Waals surface area contributed by atoms with Gasteiger partial charge in [0.25, 0.3) is 10.0 Å². The van der Waals surface area contributed by atoms with Crippen LogP contribution in [0.25, 0.3) is 0 Å². The smallest absolute Gasteiger partial charge is 0.263 e. The summed E-state index contributed by atoms with van der Waals surface area (Å²) >= 11 is 0. The van der Waals surface area contributed by atoms with Gasteiger partial charge in [0, 0.05) is 11.9 Å². The molecule has 0 amide bonds. The predicted molar refractivity (Wildman–Crippen MR) is 103 cm³/mol. The quantitative estimate of drug-likeness (QED) is 0.702. The van der Waals surface area contributed by atoms with Crippen molar-refractivity contribution in [3.8, 4) is 6.07 Å². The van der Waals surface area contributed by atoms with Crippen molar-refractivity contribution in [2.45, 2.75) is 18.7 Å². The fourth-order valence-electron chi connectivity index (χ4n) is 2.52. The van der Waals surface area contributed by atoms with E-state index in [4.69, 9.17) is 5.26 Å². The minimum Gasteiger partial charge on any atom is -0.324 e. The first-order valence-corrected chi connectivity index (χ1v) is 9.55. The summed E-state index contributed by atoms with van der Waals surface area (Å²) in [6.45, 7) is 3.69. The van der Waals surface area contributed by atoms with Crippen LogP contribution >= 0.6 is 0 Å². The standard InChI is InChI=1S/C19H17N5O2S/c1-13-9-14(2)11-17(10-13)27(25,26)24-18-7-8-21-19(23-18)22-16-5-3-15(12-20)4-6-16/h3-11H,1-2H3,(H2,21,22,23,24). The third-order valence-electron chi connectivity index (χ3n) is 3.67. The van der Waals surface area contributed by atoms with Gasteiger partial charge in [-0.1, -0.05) is 6.07 Å². The number of aromatic nitrogens is 2. The van der Waals surface area contributed by atoms with Crippen LogP contribution in [0.5, 0.6) is 0 Å². The second-order valence-electron chi connectivity index (χ2n) is 6.01. The van der Waals surface area contributed by atoms with E-state index in [0.717, 1.165) is 11.1 Å². The third kappa shape index (κ3) is 4.59. The molecule has 0 fully saturated rings. The minimum atomic E-state index is -3.76. The number of hydrogen-bond donors (Lipinski definition) is 2. The van der Waals surface area contributed by atoms with E-state index in [-0.39, 0.29) is 16.7 Å². The Balaban J connectivity index is 1.81. The number of anilines is 3. The summed E-state index contributed by atoms with van der Waals surface area (Å²) in [5.74, 6) is 0.389. The monoisotopic (exact) mass is 379 g/mol. The average molecular weight is 379 g/mol. The molecule has 3 rings (SSSR count). The molecule has 0 aliphatic heterocycles. The Morgan fingerprint density at radius 2 is 1.67 bits per heavy atom. The van der Waals surface area contributed by atoms with E-state index in [1.165, 1.54) is 12.3 Å². The highest BCUT2D eigenvalue weighted by Gasteiger charge is 2.16. The largest absolute Gasteiger partial charge is 0.324 e. The van der Waals surface area contributed by atoms with Gasteiger partial charge in [0.15, 0.2) is 0 Å². The fourth-order valence-corrected chi connectivity index (χ4v) is 3.71. The third-order valence-corrected chi connectivity index (χ3v) is 5.00. The molecule has 0 atom stereocenters. The molecule has 1 aromatic heterocycles. The molecule has 136 valence electrons. The van der Waals surface area contributed by atoms with Gasteiger partial charge in [-0.15, -0.1) is 0 Å². The SMILES string of the molecule is Cc1cc(C)cc(S(=O)(=O)Nc2ccnc(Nc3ccc(C#N)cc3)n2)c1. The number of nitrogens with zero attached hydrogens (tertiary/aromatic N) is 3. The van der Waals surface area contributed by atoms with Gasteiger partial charge in [-0.05, 0) is 67.4 Å². The summed E-state index contributed by atoms with van der Waals surface area (Å²) in [6, 6.07) is 15.4. The minimum absolute atomic E-state index is 0.153. The lowest BCUT2D eigenvalue weighted by atomic mass is 10.2. The Morgan fingerprint density at radius 1 is 1.00 bits per heavy atom. The van der Waals surface area contributed by atoms with Crippen LogP contribution in [0.1, 0.15) is 16.7 Å². The molecule has 7 nitrogen and oxygen atoms in total. The summed E-state index contributed by atoms with van der Waals surface area (Å²) in [4.78, 5) is 8.46. The van der Waals surface area contributed by atoms with E-state index in [1.54, 1.807) is 36.4 Å². The molecular formula is C19H17N5O2S. The van der Waals surface area contributed by atoms with E-state index in [1.807, 2.05) is 26.0 Å². The van der Waals surface area contributed by atoms with E-state index >= 15 is 0 Å². The number of hydrogen-bond acceptors (Lipinski definition) is 6. The van der Waals surface area contributed by atoms with Crippen LogP contribution in [-0.2, 0) is 10.0 Å². The molecule has 0 saturated heterocycles. The summed E-state index contributed by atoms with van der Waals surface area (Å²) in [7, 11) is -3.76. The summed E-state index contributed by atoms with van der Waals surface area (Å²) in [5.41, 5.74) is 2.95. The molecule has 1 heterocycles. The Hall–Kier alpha value is -3.44. The normalized spacial score (nSPS) is 10.9. The highest BCUT2D eigenvalue weighted by Crippen LogP contribution is 2.19. The van der Waals surface area contributed by atoms with Crippen molar-refractivity contribution in [2.24, 2.45) is 0 Å². The molecule has 0 spiro atoms. The molecule has 0 aliphatic rings. The number of aryl methyl sites for hydroxylation is 2. The van der Waals surface area contributed by atoms with Gasteiger partial charge in [-0.2, -0.15) is 10.2 Å². The average Bonchev–Trinajstić information content (AvgIpc) is 2.61. The highest BCUT2D eigenvalue weighted by molar-refractivity contribution is 7.92. The summed E-state index contributed by atoms with van der Waals surface area (Å²) in [6.07, 6.45) is 1.46. The van der Waals surface area contributed by atoms with E-state index in [2.05, 4.69) is 20.0 Å². The van der Waals surface area contributed by atoms with Crippen molar-refractivity contribution in [3.63, 3.8) is 0 Å². The van der Waals surface area contributed by atoms with Crippen LogP contribution in [0.3, 0.4) is 0 Å². The lowest BCUT2D eigenvalue weighted by Crippen LogP contribution is -2.15. The highest BCUT2D eigenvalue weighted by atomic mass is 32.2. The first kappa shape index (κ1) is 18.4. The molecule has 0 radical (unpaired) electrons. The van der Waals surface area contributed by atoms with E-state index < -0.39 is 10.0 Å². The number of nitriles is 1. The Bertz CT molecular complexity index is 1100. The van der Waals surface area contributed by atoms with Crippen LogP contribution in [0.2, 0.25) is 0 Å². The Morgan fingerprint density at radius 3 is 2.30 bits per heavy atom. The van der Waals surface area contributed by atoms with Crippen LogP contribution in [0.4, 0.5) is 17.5 Å². The summed E-state index contributed by atoms with van der Waals surface area (Å²) in [5, 5.41) is 11.8. The topological polar surface area (TPSA) is 108 Å². The molecule has 27 heavy (non-hydrogen) atoms. The van der Waals surface area contributed by atoms with Gasteiger partial charge in [-0.25, -0.2) is 13.4 Å². The van der Waals surface area contributed by atoms with E-state index in [0.29, 0.717) is 11.3 Å². The van der Waals surface area contributed by atoms with Gasteiger partial charge in [-0.3, -0.25) is 4.72 Å². The molecule has 2 N–H and O–H groups in total. The van der Waals surface area contributed by atoms with Crippen LogP contribution < -0.4 is 10.0 Å². The second kappa shape index (κ2) is 7.43. The van der Waals surface area contributed by atoms with Crippen LogP contribution in [0, 0.1) is 25.2 Å². The molecule has 2 aromatic carbocycles. The van der Waals surface area contributed by atoms with Gasteiger partial charge >= 0.3 is 0 Å².